The zero-order chi connectivity index (χ0) is 19.1. The molecular formula is C18H19FN4O4. The smallest absolute Gasteiger partial charge is 0.344 e. The Balaban J connectivity index is 1.37. The van der Waals surface area contributed by atoms with Crippen LogP contribution >= 0.6 is 0 Å². The van der Waals surface area contributed by atoms with E-state index in [2.05, 4.69) is 9.97 Å². The third kappa shape index (κ3) is 5.37. The summed E-state index contributed by atoms with van der Waals surface area (Å²) in [5.74, 6) is -0.342. The van der Waals surface area contributed by atoms with Crippen molar-refractivity contribution in [3.63, 3.8) is 0 Å². The van der Waals surface area contributed by atoms with Crippen LogP contribution in [0.5, 0.6) is 5.75 Å². The van der Waals surface area contributed by atoms with Crippen LogP contribution in [0.25, 0.3) is 0 Å². The third-order valence-electron chi connectivity index (χ3n) is 3.99. The van der Waals surface area contributed by atoms with Gasteiger partial charge in [-0.2, -0.15) is 0 Å². The topological polar surface area (TPSA) is 84.9 Å². The molecule has 0 radical (unpaired) electrons. The summed E-state index contributed by atoms with van der Waals surface area (Å²) in [5, 5.41) is 0. The molecule has 9 heteroatoms. The quantitative estimate of drug-likeness (QED) is 0.694. The average molecular weight is 374 g/mol. The van der Waals surface area contributed by atoms with E-state index in [9.17, 15) is 14.0 Å². The van der Waals surface area contributed by atoms with Crippen molar-refractivity contribution in [3.8, 4) is 5.75 Å². The van der Waals surface area contributed by atoms with Gasteiger partial charge in [-0.25, -0.2) is 19.2 Å². The molecule has 0 saturated carbocycles. The van der Waals surface area contributed by atoms with Crippen molar-refractivity contribution in [1.82, 2.24) is 14.9 Å². The number of benzene rings is 1. The first-order chi connectivity index (χ1) is 13.1. The van der Waals surface area contributed by atoms with Gasteiger partial charge in [-0.1, -0.05) is 0 Å². The molecule has 1 aromatic heterocycles. The molecule has 0 spiro atoms. The van der Waals surface area contributed by atoms with E-state index in [1.54, 1.807) is 23.4 Å². The Labute approximate surface area is 155 Å². The van der Waals surface area contributed by atoms with Gasteiger partial charge in [0.25, 0.3) is 5.91 Å². The first-order valence-corrected chi connectivity index (χ1v) is 8.45. The molecule has 0 N–H and O–H groups in total. The molecule has 1 aliphatic rings. The molecule has 0 atom stereocenters. The lowest BCUT2D eigenvalue weighted by atomic mass is 10.3. The molecule has 1 aliphatic heterocycles. The molecule has 1 amide bonds. The van der Waals surface area contributed by atoms with Crippen LogP contribution in [0, 0.1) is 5.82 Å². The molecule has 2 aromatic rings. The van der Waals surface area contributed by atoms with Gasteiger partial charge >= 0.3 is 5.97 Å². The van der Waals surface area contributed by atoms with Crippen LogP contribution in [-0.2, 0) is 14.3 Å². The summed E-state index contributed by atoms with van der Waals surface area (Å²) in [6, 6.07) is 7.01. The normalized spacial score (nSPS) is 14.0. The van der Waals surface area contributed by atoms with Crippen molar-refractivity contribution >= 4 is 17.8 Å². The molecular weight excluding hydrogens is 355 g/mol. The maximum absolute atomic E-state index is 12.8. The van der Waals surface area contributed by atoms with E-state index in [0.717, 1.165) is 0 Å². The van der Waals surface area contributed by atoms with Crippen LogP contribution in [0.2, 0.25) is 0 Å². The Kier molecular flexibility index (Phi) is 6.14. The van der Waals surface area contributed by atoms with Gasteiger partial charge < -0.3 is 19.3 Å². The number of rotatable bonds is 6. The van der Waals surface area contributed by atoms with Crippen molar-refractivity contribution in [3.05, 3.63) is 48.5 Å². The highest BCUT2D eigenvalue weighted by Gasteiger charge is 2.23. The second kappa shape index (κ2) is 8.93. The fourth-order valence-electron chi connectivity index (χ4n) is 2.56. The number of halogens is 1. The molecule has 0 bridgehead atoms. The van der Waals surface area contributed by atoms with Crippen molar-refractivity contribution in [2.75, 3.05) is 44.3 Å². The first-order valence-electron chi connectivity index (χ1n) is 8.45. The molecule has 3 rings (SSSR count). The van der Waals surface area contributed by atoms with Crippen LogP contribution in [0.3, 0.4) is 0 Å². The van der Waals surface area contributed by atoms with E-state index in [1.807, 2.05) is 4.90 Å². The summed E-state index contributed by atoms with van der Waals surface area (Å²) < 4.78 is 22.9. The standard InChI is InChI=1S/C18H19FN4O4/c19-14-2-4-15(5-3-14)26-13-17(25)27-12-16(24)22-8-10-23(11-9-22)18-20-6-1-7-21-18/h1-7H,8-13H2. The highest BCUT2D eigenvalue weighted by atomic mass is 19.1. The summed E-state index contributed by atoms with van der Waals surface area (Å²) in [6.07, 6.45) is 3.35. The summed E-state index contributed by atoms with van der Waals surface area (Å²) in [7, 11) is 0. The molecule has 1 fully saturated rings. The zero-order valence-electron chi connectivity index (χ0n) is 14.6. The molecule has 0 unspecified atom stereocenters. The number of anilines is 1. The number of piperazine rings is 1. The average Bonchev–Trinajstić information content (AvgIpc) is 2.72. The zero-order valence-corrected chi connectivity index (χ0v) is 14.6. The molecule has 1 saturated heterocycles. The van der Waals surface area contributed by atoms with Crippen LogP contribution < -0.4 is 9.64 Å². The highest BCUT2D eigenvalue weighted by molar-refractivity contribution is 5.81. The number of aromatic nitrogens is 2. The maximum atomic E-state index is 12.8. The Morgan fingerprint density at radius 2 is 1.67 bits per heavy atom. The lowest BCUT2D eigenvalue weighted by molar-refractivity contribution is -0.153. The van der Waals surface area contributed by atoms with Gasteiger partial charge in [-0.05, 0) is 30.3 Å². The fourth-order valence-corrected chi connectivity index (χ4v) is 2.56. The Bertz CT molecular complexity index is 765. The van der Waals surface area contributed by atoms with Crippen molar-refractivity contribution < 1.29 is 23.5 Å². The lowest BCUT2D eigenvalue weighted by Crippen LogP contribution is -2.50. The molecule has 142 valence electrons. The van der Waals surface area contributed by atoms with Gasteiger partial charge in [0.15, 0.2) is 13.2 Å². The number of amides is 1. The number of ether oxygens (including phenoxy) is 2. The number of esters is 1. The van der Waals surface area contributed by atoms with Crippen LogP contribution in [0.15, 0.2) is 42.7 Å². The molecule has 1 aromatic carbocycles. The van der Waals surface area contributed by atoms with E-state index in [1.165, 1.54) is 24.3 Å². The minimum Gasteiger partial charge on any atom is -0.482 e. The lowest BCUT2D eigenvalue weighted by Gasteiger charge is -2.34. The van der Waals surface area contributed by atoms with Crippen LogP contribution in [0.4, 0.5) is 10.3 Å². The van der Waals surface area contributed by atoms with Gasteiger partial charge in [0.1, 0.15) is 11.6 Å². The fraction of sp³-hybridized carbons (Fsp3) is 0.333. The SMILES string of the molecule is O=C(COc1ccc(F)cc1)OCC(=O)N1CCN(c2ncccn2)CC1. The molecule has 0 aliphatic carbocycles. The van der Waals surface area contributed by atoms with E-state index in [-0.39, 0.29) is 19.1 Å². The summed E-state index contributed by atoms with van der Waals surface area (Å²) in [6.45, 7) is 1.53. The predicted molar refractivity (Wildman–Crippen MR) is 93.7 cm³/mol. The second-order valence-corrected chi connectivity index (χ2v) is 5.82. The minimum atomic E-state index is -0.663. The molecule has 2 heterocycles. The van der Waals surface area contributed by atoms with E-state index in [0.29, 0.717) is 37.9 Å². The largest absolute Gasteiger partial charge is 0.482 e. The van der Waals surface area contributed by atoms with Crippen molar-refractivity contribution in [2.45, 2.75) is 0 Å². The van der Waals surface area contributed by atoms with Gasteiger partial charge in [0.2, 0.25) is 5.95 Å². The van der Waals surface area contributed by atoms with Gasteiger partial charge in [0.05, 0.1) is 0 Å². The molecule has 8 nitrogen and oxygen atoms in total. The van der Waals surface area contributed by atoms with E-state index in [4.69, 9.17) is 9.47 Å². The maximum Gasteiger partial charge on any atom is 0.344 e. The first kappa shape index (κ1) is 18.6. The van der Waals surface area contributed by atoms with Crippen LogP contribution in [-0.4, -0.2) is 66.1 Å². The third-order valence-corrected chi connectivity index (χ3v) is 3.99. The van der Waals surface area contributed by atoms with Gasteiger partial charge in [-0.15, -0.1) is 0 Å². The summed E-state index contributed by atoms with van der Waals surface area (Å²) >= 11 is 0. The second-order valence-electron chi connectivity index (χ2n) is 5.82. The predicted octanol–water partition coefficient (Wildman–Crippen LogP) is 0.886. The number of carbonyl (C=O) groups excluding carboxylic acids is 2. The Morgan fingerprint density at radius 1 is 1.00 bits per heavy atom. The Morgan fingerprint density at radius 3 is 2.33 bits per heavy atom. The number of hydrogen-bond acceptors (Lipinski definition) is 7. The van der Waals surface area contributed by atoms with Crippen LogP contribution in [0.1, 0.15) is 0 Å². The van der Waals surface area contributed by atoms with Crippen molar-refractivity contribution in [2.24, 2.45) is 0 Å². The van der Waals surface area contributed by atoms with Crippen molar-refractivity contribution in [1.29, 1.82) is 0 Å². The minimum absolute atomic E-state index is 0.265. The van der Waals surface area contributed by atoms with Gasteiger partial charge in [-0.3, -0.25) is 4.79 Å². The number of carbonyl (C=O) groups is 2. The number of hydrogen-bond donors (Lipinski definition) is 0. The highest BCUT2D eigenvalue weighted by Crippen LogP contribution is 2.11. The van der Waals surface area contributed by atoms with E-state index < -0.39 is 11.8 Å². The molecule has 27 heavy (non-hydrogen) atoms. The Hall–Kier alpha value is -3.23. The summed E-state index contributed by atoms with van der Waals surface area (Å²) in [5.41, 5.74) is 0. The van der Waals surface area contributed by atoms with E-state index >= 15 is 0 Å². The summed E-state index contributed by atoms with van der Waals surface area (Å²) in [4.78, 5) is 35.9. The monoisotopic (exact) mass is 374 g/mol. The number of nitrogens with zero attached hydrogens (tertiary/aromatic N) is 4. The van der Waals surface area contributed by atoms with Gasteiger partial charge in [0, 0.05) is 38.6 Å².